The molecule has 0 aliphatic carbocycles. The molecule has 4 aromatic rings. The van der Waals surface area contributed by atoms with Crippen LogP contribution in [0.15, 0.2) is 67.0 Å². The molecule has 5 rings (SSSR count). The zero-order valence-corrected chi connectivity index (χ0v) is 19.4. The van der Waals surface area contributed by atoms with Crippen LogP contribution in [0, 0.1) is 0 Å². The summed E-state index contributed by atoms with van der Waals surface area (Å²) in [7, 11) is 1.82. The number of aryl methyl sites for hydroxylation is 1. The van der Waals surface area contributed by atoms with Crippen molar-refractivity contribution in [2.24, 2.45) is 7.05 Å². The maximum atomic E-state index is 14.5. The molecular weight excluding hydrogens is 458 g/mol. The molecule has 1 aliphatic rings. The van der Waals surface area contributed by atoms with Gasteiger partial charge in [0.2, 0.25) is 0 Å². The lowest BCUT2D eigenvalue weighted by Crippen LogP contribution is -2.24. The maximum Gasteiger partial charge on any atom is 0.270 e. The van der Waals surface area contributed by atoms with Crippen LogP contribution >= 0.6 is 11.6 Å². The van der Waals surface area contributed by atoms with Gasteiger partial charge in [0.15, 0.2) is 5.82 Å². The highest BCUT2D eigenvalue weighted by atomic mass is 35.5. The molecule has 3 aromatic carbocycles. The van der Waals surface area contributed by atoms with Crippen LogP contribution in [0.4, 0.5) is 14.5 Å². The van der Waals surface area contributed by atoms with Crippen molar-refractivity contribution < 1.29 is 13.6 Å². The number of nitrogens with zero attached hydrogens (tertiary/aromatic N) is 4. The zero-order valence-electron chi connectivity index (χ0n) is 18.6. The Bertz CT molecular complexity index is 1400. The van der Waals surface area contributed by atoms with E-state index in [0.29, 0.717) is 28.2 Å². The molecule has 34 heavy (non-hydrogen) atoms. The quantitative estimate of drug-likeness (QED) is 0.323. The second kappa shape index (κ2) is 8.33. The minimum Gasteiger partial charge on any atom is -0.317 e. The van der Waals surface area contributed by atoms with Gasteiger partial charge in [-0.3, -0.25) is 4.79 Å². The Morgan fingerprint density at radius 1 is 1.06 bits per heavy atom. The van der Waals surface area contributed by atoms with Gasteiger partial charge >= 0.3 is 0 Å². The van der Waals surface area contributed by atoms with Crippen molar-refractivity contribution >= 4 is 23.2 Å². The molecule has 172 valence electrons. The number of alkyl halides is 3. The molecule has 0 radical (unpaired) electrons. The van der Waals surface area contributed by atoms with E-state index in [-0.39, 0.29) is 29.5 Å². The Hall–Kier alpha value is -3.58. The van der Waals surface area contributed by atoms with E-state index in [0.717, 1.165) is 18.1 Å². The van der Waals surface area contributed by atoms with Crippen molar-refractivity contribution in [1.29, 1.82) is 0 Å². The minimum absolute atomic E-state index is 0.0264. The smallest absolute Gasteiger partial charge is 0.270 e. The summed E-state index contributed by atoms with van der Waals surface area (Å²) < 4.78 is 30.8. The Morgan fingerprint density at radius 2 is 1.82 bits per heavy atom. The predicted molar refractivity (Wildman–Crippen MR) is 128 cm³/mol. The summed E-state index contributed by atoms with van der Waals surface area (Å²) in [6.07, 6.45) is 1.59. The fourth-order valence-electron chi connectivity index (χ4n) is 4.50. The molecule has 8 heteroatoms. The van der Waals surface area contributed by atoms with Gasteiger partial charge in [-0.2, -0.15) is 0 Å². The number of anilines is 1. The van der Waals surface area contributed by atoms with Crippen LogP contribution in [-0.2, 0) is 25.4 Å². The summed E-state index contributed by atoms with van der Waals surface area (Å²) in [6.45, 7) is 0.868. The molecule has 0 fully saturated rings. The van der Waals surface area contributed by atoms with E-state index in [2.05, 4.69) is 10.2 Å². The molecule has 0 atom stereocenters. The number of halogens is 3. The molecule has 0 bridgehead atoms. The number of benzene rings is 3. The van der Waals surface area contributed by atoms with Crippen molar-refractivity contribution in [3.05, 3.63) is 89.2 Å². The van der Waals surface area contributed by atoms with Crippen LogP contribution in [0.2, 0.25) is 0 Å². The normalized spacial score (nSPS) is 13.4. The van der Waals surface area contributed by atoms with E-state index in [1.165, 1.54) is 11.0 Å². The van der Waals surface area contributed by atoms with E-state index in [4.69, 9.17) is 11.6 Å². The summed E-state index contributed by atoms with van der Waals surface area (Å²) >= 11 is 5.96. The fraction of sp³-hybridized carbons (Fsp3) is 0.192. The molecular formula is C26H21ClF2N4O. The third-order valence-electron chi connectivity index (χ3n) is 6.08. The lowest BCUT2D eigenvalue weighted by Gasteiger charge is -2.22. The van der Waals surface area contributed by atoms with Crippen LogP contribution in [0.1, 0.15) is 34.0 Å². The first-order valence-electron chi connectivity index (χ1n) is 10.7. The molecule has 5 nitrogen and oxygen atoms in total. The molecule has 1 amide bonds. The van der Waals surface area contributed by atoms with Crippen LogP contribution in [0.5, 0.6) is 0 Å². The Balaban J connectivity index is 1.72. The third-order valence-corrected chi connectivity index (χ3v) is 6.39. The lowest BCUT2D eigenvalue weighted by molar-refractivity contribution is 0.0165. The van der Waals surface area contributed by atoms with Gasteiger partial charge < -0.3 is 9.47 Å². The predicted octanol–water partition coefficient (Wildman–Crippen LogP) is 6.16. The maximum absolute atomic E-state index is 14.5. The van der Waals surface area contributed by atoms with Crippen LogP contribution in [0.3, 0.4) is 0 Å². The second-order valence-corrected chi connectivity index (χ2v) is 8.68. The molecule has 1 aromatic heterocycles. The number of carbonyl (C=O) groups is 1. The van der Waals surface area contributed by atoms with Crippen LogP contribution in [0.25, 0.3) is 22.5 Å². The zero-order chi connectivity index (χ0) is 24.0. The number of amides is 1. The number of rotatable bonds is 5. The molecule has 0 saturated carbocycles. The van der Waals surface area contributed by atoms with Crippen LogP contribution < -0.4 is 4.90 Å². The molecule has 0 unspecified atom stereocenters. The van der Waals surface area contributed by atoms with Gasteiger partial charge in [0.1, 0.15) is 6.33 Å². The molecule has 2 heterocycles. The largest absolute Gasteiger partial charge is 0.317 e. The van der Waals surface area contributed by atoms with Crippen molar-refractivity contribution in [2.75, 3.05) is 4.90 Å². The first-order chi connectivity index (χ1) is 16.3. The average Bonchev–Trinajstić information content (AvgIpc) is 3.40. The molecule has 0 saturated heterocycles. The Labute approximate surface area is 200 Å². The number of carbonyl (C=O) groups excluding carboxylic acids is 1. The van der Waals surface area contributed by atoms with Gasteiger partial charge in [0.05, 0.1) is 17.8 Å². The molecule has 0 N–H and O–H groups in total. The Morgan fingerprint density at radius 3 is 2.47 bits per heavy atom. The highest BCUT2D eigenvalue weighted by Crippen LogP contribution is 2.43. The SMILES string of the molecule is Cn1cnnc1-c1c(-c2ccccc2)cccc1N1Cc2c(cc(CCl)cc2C(C)(F)F)C1=O. The van der Waals surface area contributed by atoms with E-state index >= 15 is 0 Å². The number of aromatic nitrogens is 3. The van der Waals surface area contributed by atoms with Crippen molar-refractivity contribution in [2.45, 2.75) is 25.3 Å². The molecule has 1 aliphatic heterocycles. The van der Waals surface area contributed by atoms with Crippen molar-refractivity contribution in [1.82, 2.24) is 14.8 Å². The minimum atomic E-state index is -3.11. The van der Waals surface area contributed by atoms with E-state index in [1.807, 2.05) is 55.6 Å². The van der Waals surface area contributed by atoms with E-state index < -0.39 is 5.92 Å². The first-order valence-corrected chi connectivity index (χ1v) is 11.3. The van der Waals surface area contributed by atoms with Gasteiger partial charge in [-0.05, 0) is 40.5 Å². The summed E-state index contributed by atoms with van der Waals surface area (Å²) in [5.74, 6) is -2.85. The highest BCUT2D eigenvalue weighted by molar-refractivity contribution is 6.17. The van der Waals surface area contributed by atoms with Gasteiger partial charge in [-0.15, -0.1) is 21.8 Å². The monoisotopic (exact) mass is 478 g/mol. The van der Waals surface area contributed by atoms with E-state index in [9.17, 15) is 13.6 Å². The third kappa shape index (κ3) is 3.66. The highest BCUT2D eigenvalue weighted by Gasteiger charge is 2.38. The summed E-state index contributed by atoms with van der Waals surface area (Å²) in [5, 5.41) is 8.32. The number of fused-ring (bicyclic) bond motifs is 1. The van der Waals surface area contributed by atoms with Gasteiger partial charge in [0, 0.05) is 31.0 Å². The van der Waals surface area contributed by atoms with Gasteiger partial charge in [0.25, 0.3) is 11.8 Å². The lowest BCUT2D eigenvalue weighted by atomic mass is 9.96. The standard InChI is InChI=1S/C26H21ClF2N4O/c1-26(28,29)21-12-16(13-27)11-19-20(21)14-33(25(19)34)22-10-6-9-18(17-7-4-3-5-8-17)23(22)24-31-30-15-32(24)2/h3-12,15H,13-14H2,1-2H3. The summed E-state index contributed by atoms with van der Waals surface area (Å²) in [5.41, 5.74) is 3.98. The van der Waals surface area contributed by atoms with Gasteiger partial charge in [-0.1, -0.05) is 42.5 Å². The van der Waals surface area contributed by atoms with E-state index in [1.54, 1.807) is 17.0 Å². The van der Waals surface area contributed by atoms with Crippen LogP contribution in [-0.4, -0.2) is 20.7 Å². The van der Waals surface area contributed by atoms with Gasteiger partial charge in [-0.25, -0.2) is 8.78 Å². The van der Waals surface area contributed by atoms with Crippen molar-refractivity contribution in [3.63, 3.8) is 0 Å². The fourth-order valence-corrected chi connectivity index (χ4v) is 4.65. The van der Waals surface area contributed by atoms with Crippen molar-refractivity contribution in [3.8, 4) is 22.5 Å². The summed E-state index contributed by atoms with van der Waals surface area (Å²) in [6, 6.07) is 18.4. The number of hydrogen-bond acceptors (Lipinski definition) is 3. The first kappa shape index (κ1) is 22.2. The average molecular weight is 479 g/mol. The topological polar surface area (TPSA) is 51.0 Å². The second-order valence-electron chi connectivity index (χ2n) is 8.41. The Kier molecular flexibility index (Phi) is 5.44. The molecule has 0 spiro atoms. The number of hydrogen-bond donors (Lipinski definition) is 0. The summed E-state index contributed by atoms with van der Waals surface area (Å²) in [4.78, 5) is 15.1.